The molecule has 1 fully saturated rings. The number of aliphatic hydroxyl groups excluding tert-OH is 1. The summed E-state index contributed by atoms with van der Waals surface area (Å²) in [5, 5.41) is 13.8. The molecular formula is C17H22N2O2. The van der Waals surface area contributed by atoms with Gasteiger partial charge in [0.05, 0.1) is 12.1 Å². The van der Waals surface area contributed by atoms with E-state index in [1.54, 1.807) is 0 Å². The van der Waals surface area contributed by atoms with Crippen molar-refractivity contribution in [1.82, 2.24) is 10.3 Å². The number of hydrogen-bond acceptors (Lipinski definition) is 2. The fourth-order valence-electron chi connectivity index (χ4n) is 3.35. The second-order valence-electron chi connectivity index (χ2n) is 6.27. The first-order chi connectivity index (χ1) is 10.0. The van der Waals surface area contributed by atoms with Gasteiger partial charge in [-0.05, 0) is 44.4 Å². The van der Waals surface area contributed by atoms with Gasteiger partial charge in [0.1, 0.15) is 5.69 Å². The molecule has 4 heteroatoms. The predicted molar refractivity (Wildman–Crippen MR) is 83.5 cm³/mol. The molecule has 2 aromatic rings. The molecule has 0 spiro atoms. The Morgan fingerprint density at radius 2 is 2.05 bits per heavy atom. The van der Waals surface area contributed by atoms with Crippen molar-refractivity contribution in [2.75, 3.05) is 6.61 Å². The summed E-state index contributed by atoms with van der Waals surface area (Å²) in [6.45, 7) is 4.02. The van der Waals surface area contributed by atoms with Crippen LogP contribution in [0.4, 0.5) is 0 Å². The fraction of sp³-hybridized carbons (Fsp3) is 0.471. The van der Waals surface area contributed by atoms with Crippen molar-refractivity contribution < 1.29 is 9.90 Å². The molecule has 0 unspecified atom stereocenters. The van der Waals surface area contributed by atoms with E-state index in [2.05, 4.69) is 16.4 Å². The molecule has 0 radical (unpaired) electrons. The average molecular weight is 286 g/mol. The maximum atomic E-state index is 12.6. The van der Waals surface area contributed by atoms with Gasteiger partial charge in [-0.2, -0.15) is 0 Å². The minimum Gasteiger partial charge on any atom is -0.394 e. The molecule has 1 aliphatic rings. The van der Waals surface area contributed by atoms with Gasteiger partial charge in [0.25, 0.3) is 5.91 Å². The zero-order chi connectivity index (χ0) is 15.0. The molecule has 1 saturated carbocycles. The zero-order valence-corrected chi connectivity index (χ0v) is 12.6. The van der Waals surface area contributed by atoms with Crippen molar-refractivity contribution >= 4 is 16.8 Å². The van der Waals surface area contributed by atoms with Crippen molar-refractivity contribution in [3.05, 3.63) is 35.0 Å². The molecule has 1 aromatic heterocycles. The molecule has 0 bridgehead atoms. The fourth-order valence-corrected chi connectivity index (χ4v) is 3.35. The first kappa shape index (κ1) is 14.1. The largest absolute Gasteiger partial charge is 0.394 e. The maximum absolute atomic E-state index is 12.6. The molecule has 1 aliphatic carbocycles. The lowest BCUT2D eigenvalue weighted by molar-refractivity contribution is 0.0833. The lowest BCUT2D eigenvalue weighted by Crippen LogP contribution is -2.49. The van der Waals surface area contributed by atoms with E-state index >= 15 is 0 Å². The van der Waals surface area contributed by atoms with E-state index in [1.165, 1.54) is 5.56 Å². The van der Waals surface area contributed by atoms with Crippen LogP contribution in [0.5, 0.6) is 0 Å². The van der Waals surface area contributed by atoms with Gasteiger partial charge in [-0.15, -0.1) is 0 Å². The van der Waals surface area contributed by atoms with E-state index in [-0.39, 0.29) is 12.5 Å². The molecule has 21 heavy (non-hydrogen) atoms. The van der Waals surface area contributed by atoms with Crippen LogP contribution in [-0.2, 0) is 0 Å². The van der Waals surface area contributed by atoms with Crippen LogP contribution in [0.15, 0.2) is 18.2 Å². The van der Waals surface area contributed by atoms with Crippen LogP contribution in [-0.4, -0.2) is 28.1 Å². The number of aliphatic hydroxyl groups is 1. The Morgan fingerprint density at radius 3 is 2.71 bits per heavy atom. The second-order valence-corrected chi connectivity index (χ2v) is 6.27. The highest BCUT2D eigenvalue weighted by Gasteiger charge is 2.35. The van der Waals surface area contributed by atoms with Gasteiger partial charge in [0, 0.05) is 10.9 Å². The molecule has 3 N–H and O–H groups in total. The van der Waals surface area contributed by atoms with Crippen LogP contribution in [0, 0.1) is 13.8 Å². The molecule has 4 nitrogen and oxygen atoms in total. The summed E-state index contributed by atoms with van der Waals surface area (Å²) >= 11 is 0. The standard InChI is InChI=1S/C17H22N2O2/c1-11-5-6-14-13(9-11)12(2)15(18-14)16(21)19-17(10-20)7-3-4-8-17/h5-6,9,18,20H,3-4,7-8,10H2,1-2H3,(H,19,21). The first-order valence-corrected chi connectivity index (χ1v) is 7.57. The van der Waals surface area contributed by atoms with Gasteiger partial charge >= 0.3 is 0 Å². The van der Waals surface area contributed by atoms with E-state index in [9.17, 15) is 9.90 Å². The van der Waals surface area contributed by atoms with E-state index in [0.717, 1.165) is 42.1 Å². The summed E-state index contributed by atoms with van der Waals surface area (Å²) in [7, 11) is 0. The van der Waals surface area contributed by atoms with Crippen LogP contribution < -0.4 is 5.32 Å². The zero-order valence-electron chi connectivity index (χ0n) is 12.6. The van der Waals surface area contributed by atoms with Gasteiger partial charge in [-0.3, -0.25) is 4.79 Å². The summed E-state index contributed by atoms with van der Waals surface area (Å²) in [6, 6.07) is 6.13. The van der Waals surface area contributed by atoms with Crippen LogP contribution >= 0.6 is 0 Å². The summed E-state index contributed by atoms with van der Waals surface area (Å²) in [5.41, 5.74) is 3.30. The predicted octanol–water partition coefficient (Wildman–Crippen LogP) is 2.82. The van der Waals surface area contributed by atoms with Crippen molar-refractivity contribution in [3.63, 3.8) is 0 Å². The highest BCUT2D eigenvalue weighted by atomic mass is 16.3. The SMILES string of the molecule is Cc1ccc2[nH]c(C(=O)NC3(CO)CCCC3)c(C)c2c1. The number of aromatic nitrogens is 1. The number of nitrogens with one attached hydrogen (secondary N) is 2. The first-order valence-electron chi connectivity index (χ1n) is 7.57. The highest BCUT2D eigenvalue weighted by molar-refractivity contribution is 6.01. The lowest BCUT2D eigenvalue weighted by atomic mass is 9.98. The van der Waals surface area contributed by atoms with Gasteiger partial charge < -0.3 is 15.4 Å². The molecule has 0 aliphatic heterocycles. The number of hydrogen-bond donors (Lipinski definition) is 3. The molecule has 112 valence electrons. The quantitative estimate of drug-likeness (QED) is 0.812. The smallest absolute Gasteiger partial charge is 0.268 e. The molecule has 1 aromatic carbocycles. The van der Waals surface area contributed by atoms with Gasteiger partial charge in [0.15, 0.2) is 0 Å². The number of carbonyl (C=O) groups is 1. The lowest BCUT2D eigenvalue weighted by Gasteiger charge is -2.27. The molecule has 3 rings (SSSR count). The Morgan fingerprint density at radius 1 is 1.33 bits per heavy atom. The number of amides is 1. The van der Waals surface area contributed by atoms with E-state index < -0.39 is 5.54 Å². The Bertz CT molecular complexity index is 681. The summed E-state index contributed by atoms with van der Waals surface area (Å²) in [4.78, 5) is 15.8. The van der Waals surface area contributed by atoms with Gasteiger partial charge in [-0.25, -0.2) is 0 Å². The summed E-state index contributed by atoms with van der Waals surface area (Å²) in [5.74, 6) is -0.114. The number of fused-ring (bicyclic) bond motifs is 1. The Kier molecular flexibility index (Phi) is 3.49. The summed E-state index contributed by atoms with van der Waals surface area (Å²) < 4.78 is 0. The maximum Gasteiger partial charge on any atom is 0.268 e. The van der Waals surface area contributed by atoms with Crippen molar-refractivity contribution in [1.29, 1.82) is 0 Å². The Labute approximate surface area is 124 Å². The third-order valence-corrected chi connectivity index (χ3v) is 4.68. The molecule has 1 amide bonds. The number of benzene rings is 1. The monoisotopic (exact) mass is 286 g/mol. The molecule has 1 heterocycles. The van der Waals surface area contributed by atoms with E-state index in [4.69, 9.17) is 0 Å². The minimum atomic E-state index is -0.434. The number of aryl methyl sites for hydroxylation is 2. The number of H-pyrrole nitrogens is 1. The van der Waals surface area contributed by atoms with Gasteiger partial charge in [-0.1, -0.05) is 24.5 Å². The van der Waals surface area contributed by atoms with E-state index in [0.29, 0.717) is 5.69 Å². The number of aromatic amines is 1. The number of rotatable bonds is 3. The van der Waals surface area contributed by atoms with Crippen molar-refractivity contribution in [2.45, 2.75) is 45.1 Å². The van der Waals surface area contributed by atoms with Crippen LogP contribution in [0.25, 0.3) is 10.9 Å². The van der Waals surface area contributed by atoms with E-state index in [1.807, 2.05) is 26.0 Å². The normalized spacial score (nSPS) is 17.3. The van der Waals surface area contributed by atoms with Crippen LogP contribution in [0.1, 0.15) is 47.3 Å². The molecule has 0 atom stereocenters. The molecular weight excluding hydrogens is 264 g/mol. The second kappa shape index (κ2) is 5.19. The average Bonchev–Trinajstić information content (AvgIpc) is 3.05. The Balaban J connectivity index is 1.93. The number of carbonyl (C=O) groups excluding carboxylic acids is 1. The topological polar surface area (TPSA) is 65.1 Å². The van der Waals surface area contributed by atoms with Crippen molar-refractivity contribution in [2.24, 2.45) is 0 Å². The summed E-state index contributed by atoms with van der Waals surface area (Å²) in [6.07, 6.45) is 3.83. The van der Waals surface area contributed by atoms with Gasteiger partial charge in [0.2, 0.25) is 0 Å². The minimum absolute atomic E-state index is 0.0110. The van der Waals surface area contributed by atoms with Crippen LogP contribution in [0.2, 0.25) is 0 Å². The molecule has 0 saturated heterocycles. The van der Waals surface area contributed by atoms with Crippen LogP contribution in [0.3, 0.4) is 0 Å². The Hall–Kier alpha value is -1.81. The third-order valence-electron chi connectivity index (χ3n) is 4.68. The third kappa shape index (κ3) is 2.44. The highest BCUT2D eigenvalue weighted by Crippen LogP contribution is 2.30. The van der Waals surface area contributed by atoms with Crippen molar-refractivity contribution in [3.8, 4) is 0 Å².